The minimum Gasteiger partial charge on any atom is -0.272 e. The normalized spacial score (nSPS) is 16.2. The summed E-state index contributed by atoms with van der Waals surface area (Å²) in [4.78, 5) is 0. The van der Waals surface area contributed by atoms with E-state index < -0.39 is 0 Å². The van der Waals surface area contributed by atoms with Gasteiger partial charge in [-0.3, -0.25) is 6.08 Å². The van der Waals surface area contributed by atoms with E-state index in [2.05, 4.69) is 25.2 Å². The van der Waals surface area contributed by atoms with Crippen LogP contribution >= 0.6 is 0 Å². The minimum atomic E-state index is 0. The number of allylic oxidation sites excluding steroid dienone is 4. The predicted octanol–water partition coefficient (Wildman–Crippen LogP) is 0.650. The Kier molecular flexibility index (Phi) is 7.76. The Hall–Kier alpha value is 0.0774. The molecule has 0 nitrogen and oxygen atoms in total. The van der Waals surface area contributed by atoms with Crippen LogP contribution in [0.15, 0.2) is 17.7 Å². The summed E-state index contributed by atoms with van der Waals surface area (Å²) in [5.74, 6) is 0. The van der Waals surface area contributed by atoms with Gasteiger partial charge in [0.1, 0.15) is 0 Å². The van der Waals surface area contributed by atoms with Crippen molar-refractivity contribution in [1.82, 2.24) is 0 Å². The van der Waals surface area contributed by atoms with Crippen LogP contribution < -0.4 is 18.9 Å². The number of hydrogen-bond donors (Lipinski definition) is 0. The molecule has 1 heteroatoms. The molecule has 0 spiro atoms. The third-order valence-electron chi connectivity index (χ3n) is 2.02. The molecule has 1 rings (SSSR count). The summed E-state index contributed by atoms with van der Waals surface area (Å²) in [7, 11) is 0. The van der Waals surface area contributed by atoms with Crippen LogP contribution in [0.5, 0.6) is 0 Å². The van der Waals surface area contributed by atoms with Gasteiger partial charge in [0.25, 0.3) is 0 Å². The Morgan fingerprint density at radius 3 is 3.08 bits per heavy atom. The Morgan fingerprint density at radius 1 is 1.50 bits per heavy atom. The van der Waals surface area contributed by atoms with E-state index in [1.54, 1.807) is 0 Å². The number of rotatable bonds is 3. The van der Waals surface area contributed by atoms with Crippen molar-refractivity contribution in [3.63, 3.8) is 0 Å². The molecule has 1 aliphatic rings. The van der Waals surface area contributed by atoms with E-state index >= 15 is 0 Å². The van der Waals surface area contributed by atoms with Gasteiger partial charge in [0.05, 0.1) is 0 Å². The second-order valence-electron chi connectivity index (χ2n) is 3.10. The van der Waals surface area contributed by atoms with Crippen molar-refractivity contribution in [3.8, 4) is 0 Å². The molecule has 1 aliphatic carbocycles. The van der Waals surface area contributed by atoms with Gasteiger partial charge in [-0.15, -0.1) is 6.42 Å². The van der Waals surface area contributed by atoms with Crippen LogP contribution in [0.25, 0.3) is 0 Å². The maximum absolute atomic E-state index is 3.45. The van der Waals surface area contributed by atoms with E-state index in [-0.39, 0.29) is 18.9 Å². The van der Waals surface area contributed by atoms with Gasteiger partial charge in [-0.25, -0.2) is 11.6 Å². The van der Waals surface area contributed by atoms with E-state index in [9.17, 15) is 0 Å². The van der Waals surface area contributed by atoms with Gasteiger partial charge in [-0.1, -0.05) is 39.0 Å². The summed E-state index contributed by atoms with van der Waals surface area (Å²) >= 11 is 0. The van der Waals surface area contributed by atoms with Gasteiger partial charge in [-0.05, 0) is 0 Å². The molecule has 0 aliphatic heterocycles. The fraction of sp³-hybridized carbons (Fsp3) is 0.636. The first kappa shape index (κ1) is 12.1. The average Bonchev–Trinajstić information content (AvgIpc) is 2.28. The molecular formula is C11H17Li. The maximum atomic E-state index is 3.45. The quantitative estimate of drug-likeness (QED) is 0.416. The molecule has 0 aromatic carbocycles. The van der Waals surface area contributed by atoms with Crippen LogP contribution in [0.1, 0.15) is 45.4 Å². The molecular weight excluding hydrogens is 139 g/mol. The van der Waals surface area contributed by atoms with Crippen LogP contribution in [0.3, 0.4) is 0 Å². The molecule has 0 atom stereocenters. The molecule has 0 radical (unpaired) electrons. The van der Waals surface area contributed by atoms with Crippen molar-refractivity contribution >= 4 is 0 Å². The molecule has 0 saturated carbocycles. The minimum absolute atomic E-state index is 0. The first-order chi connectivity index (χ1) is 5.43. The van der Waals surface area contributed by atoms with Crippen LogP contribution in [-0.4, -0.2) is 0 Å². The second kappa shape index (κ2) is 7.71. The zero-order valence-corrected chi connectivity index (χ0v) is 8.40. The van der Waals surface area contributed by atoms with Gasteiger partial charge in [0, 0.05) is 0 Å². The van der Waals surface area contributed by atoms with Crippen LogP contribution in [0.4, 0.5) is 0 Å². The van der Waals surface area contributed by atoms with Crippen molar-refractivity contribution in [2.45, 2.75) is 45.4 Å². The molecule has 0 heterocycles. The van der Waals surface area contributed by atoms with Crippen molar-refractivity contribution in [2.75, 3.05) is 0 Å². The van der Waals surface area contributed by atoms with Crippen molar-refractivity contribution in [1.29, 1.82) is 0 Å². The van der Waals surface area contributed by atoms with Crippen LogP contribution in [0.2, 0.25) is 0 Å². The largest absolute Gasteiger partial charge is 1.00 e. The Bertz CT molecular complexity index is 156. The van der Waals surface area contributed by atoms with Gasteiger partial charge in [0.2, 0.25) is 0 Å². The average molecular weight is 156 g/mol. The number of hydrogen-bond acceptors (Lipinski definition) is 0. The Balaban J connectivity index is 0.00000121. The Labute approximate surface area is 88.3 Å². The van der Waals surface area contributed by atoms with Crippen LogP contribution in [-0.2, 0) is 0 Å². The monoisotopic (exact) mass is 156 g/mol. The second-order valence-corrected chi connectivity index (χ2v) is 3.10. The van der Waals surface area contributed by atoms with Gasteiger partial charge < -0.3 is 0 Å². The molecule has 0 saturated heterocycles. The summed E-state index contributed by atoms with van der Waals surface area (Å²) in [6.07, 6.45) is 15.5. The summed E-state index contributed by atoms with van der Waals surface area (Å²) in [6.45, 7) is 2.24. The van der Waals surface area contributed by atoms with E-state index in [0.717, 1.165) is 6.42 Å². The molecule has 0 aromatic rings. The first-order valence-corrected chi connectivity index (χ1v) is 4.69. The first-order valence-electron chi connectivity index (χ1n) is 4.69. The zero-order valence-electron chi connectivity index (χ0n) is 8.40. The smallest absolute Gasteiger partial charge is 0.272 e. The van der Waals surface area contributed by atoms with Gasteiger partial charge >= 0.3 is 18.9 Å². The van der Waals surface area contributed by atoms with Crippen molar-refractivity contribution in [2.24, 2.45) is 0 Å². The Morgan fingerprint density at radius 2 is 2.33 bits per heavy atom. The maximum Gasteiger partial charge on any atom is 1.00 e. The number of unbranched alkanes of at least 4 members (excludes halogenated alkanes) is 1. The molecule has 0 amide bonds. The third-order valence-corrected chi connectivity index (χ3v) is 2.02. The summed E-state index contributed by atoms with van der Waals surface area (Å²) in [5, 5.41) is 0. The zero-order chi connectivity index (χ0) is 7.94. The van der Waals surface area contributed by atoms with Crippen molar-refractivity contribution in [3.05, 3.63) is 23.8 Å². The predicted molar refractivity (Wildman–Crippen MR) is 49.3 cm³/mol. The van der Waals surface area contributed by atoms with E-state index in [1.807, 2.05) is 0 Å². The molecule has 0 N–H and O–H groups in total. The SMILES string of the molecule is CCCCC1=[C-]CCCC=C1.[Li+]. The standard InChI is InChI=1S/C11H17.Li/c1-2-3-8-11-9-6-4-5-7-10-11;/h6,9H,2-5,7-8H2,1H3;/q-1;+1. The van der Waals surface area contributed by atoms with E-state index in [0.29, 0.717) is 0 Å². The van der Waals surface area contributed by atoms with Gasteiger partial charge in [-0.2, -0.15) is 6.08 Å². The third kappa shape index (κ3) is 4.86. The fourth-order valence-corrected chi connectivity index (χ4v) is 1.29. The molecule has 0 fully saturated rings. The molecule has 62 valence electrons. The molecule has 12 heavy (non-hydrogen) atoms. The van der Waals surface area contributed by atoms with Crippen LogP contribution in [0, 0.1) is 6.08 Å². The summed E-state index contributed by atoms with van der Waals surface area (Å²) < 4.78 is 0. The topological polar surface area (TPSA) is 0 Å². The van der Waals surface area contributed by atoms with E-state index in [4.69, 9.17) is 0 Å². The van der Waals surface area contributed by atoms with E-state index in [1.165, 1.54) is 37.7 Å². The summed E-state index contributed by atoms with van der Waals surface area (Å²) in [5.41, 5.74) is 1.43. The fourth-order valence-electron chi connectivity index (χ4n) is 1.29. The van der Waals surface area contributed by atoms with Crippen molar-refractivity contribution < 1.29 is 18.9 Å². The molecule has 0 aromatic heterocycles. The molecule has 0 bridgehead atoms. The summed E-state index contributed by atoms with van der Waals surface area (Å²) in [6, 6.07) is 0. The molecule has 0 unspecified atom stereocenters. The van der Waals surface area contributed by atoms with Gasteiger partial charge in [0.15, 0.2) is 0 Å².